The first-order valence-corrected chi connectivity index (χ1v) is 13.9. The number of fused-ring (bicyclic) bond motifs is 1. The molecule has 1 saturated carbocycles. The molecule has 7 nitrogen and oxygen atoms in total. The summed E-state index contributed by atoms with van der Waals surface area (Å²) in [5, 5.41) is 0.440. The van der Waals surface area contributed by atoms with Crippen LogP contribution in [-0.2, 0) is 19.2 Å². The molecule has 3 aliphatic rings. The number of rotatable bonds is 4. The number of hydrogen-bond donors (Lipinski definition) is 0. The molecule has 0 spiro atoms. The van der Waals surface area contributed by atoms with Crippen molar-refractivity contribution in [2.45, 2.75) is 35.8 Å². The predicted octanol–water partition coefficient (Wildman–Crippen LogP) is 5.03. The van der Waals surface area contributed by atoms with Crippen LogP contribution in [0.15, 0.2) is 42.5 Å². The normalized spacial score (nSPS) is 28.0. The molecule has 0 aromatic heterocycles. The molecule has 36 heavy (non-hydrogen) atoms. The Morgan fingerprint density at radius 2 is 1.61 bits per heavy atom. The first-order chi connectivity index (χ1) is 17.2. The van der Waals surface area contributed by atoms with Gasteiger partial charge in [-0.15, -0.1) is 0 Å². The zero-order chi connectivity index (χ0) is 25.7. The minimum atomic E-state index is -0.631. The van der Waals surface area contributed by atoms with Gasteiger partial charge in [0.05, 0.1) is 34.2 Å². The maximum atomic E-state index is 13.1. The summed E-state index contributed by atoms with van der Waals surface area (Å²) in [5.74, 6) is -2.11. The van der Waals surface area contributed by atoms with Gasteiger partial charge in [-0.3, -0.25) is 19.2 Å². The summed E-state index contributed by atoms with van der Waals surface area (Å²) in [7, 11) is 0. The molecular weight excluding hydrogens is 616 g/mol. The van der Waals surface area contributed by atoms with E-state index in [1.165, 1.54) is 9.80 Å². The van der Waals surface area contributed by atoms with Gasteiger partial charge in [0.2, 0.25) is 17.7 Å². The summed E-state index contributed by atoms with van der Waals surface area (Å²) in [6.07, 6.45) is 1.23. The average molecular weight is 639 g/mol. The number of alkyl halides is 2. The van der Waals surface area contributed by atoms with Crippen LogP contribution in [0.1, 0.15) is 24.8 Å². The Morgan fingerprint density at radius 1 is 0.972 bits per heavy atom. The summed E-state index contributed by atoms with van der Waals surface area (Å²) in [6, 6.07) is 11.8. The highest BCUT2D eigenvalue weighted by molar-refractivity contribution is 9.12. The number of hydrogen-bond acceptors (Lipinski definition) is 5. The fraction of sp³-hybridized carbons (Fsp3) is 0.385. The number of carbonyl (C=O) groups is 4. The molecule has 2 aromatic rings. The maximum Gasteiger partial charge on any atom is 0.316 e. The van der Waals surface area contributed by atoms with Crippen molar-refractivity contribution < 1.29 is 23.9 Å². The molecule has 5 rings (SSSR count). The number of imide groups is 1. The second-order valence-corrected chi connectivity index (χ2v) is 12.2. The van der Waals surface area contributed by atoms with Gasteiger partial charge in [-0.25, -0.2) is 4.90 Å². The first kappa shape index (κ1) is 25.4. The molecule has 2 aromatic carbocycles. The molecule has 5 atom stereocenters. The third-order valence-corrected chi connectivity index (χ3v) is 10.2. The number of halogens is 3. The number of benzene rings is 2. The van der Waals surface area contributed by atoms with E-state index in [0.29, 0.717) is 40.6 Å². The summed E-state index contributed by atoms with van der Waals surface area (Å²) in [6.45, 7) is 1.95. The van der Waals surface area contributed by atoms with E-state index in [2.05, 4.69) is 31.9 Å². The second kappa shape index (κ2) is 9.91. The van der Waals surface area contributed by atoms with Crippen LogP contribution in [0.3, 0.4) is 0 Å². The van der Waals surface area contributed by atoms with E-state index in [4.69, 9.17) is 16.3 Å². The Hall–Kier alpha value is -2.23. The fourth-order valence-corrected chi connectivity index (χ4v) is 6.72. The summed E-state index contributed by atoms with van der Waals surface area (Å²) < 4.78 is 5.58. The zero-order valence-electron chi connectivity index (χ0n) is 19.3. The number of amides is 3. The second-order valence-electron chi connectivity index (χ2n) is 9.45. The van der Waals surface area contributed by atoms with Gasteiger partial charge in [-0.1, -0.05) is 55.6 Å². The molecule has 3 fully saturated rings. The van der Waals surface area contributed by atoms with Crippen molar-refractivity contribution in [1.29, 1.82) is 0 Å². The number of para-hydroxylation sites is 1. The Bertz CT molecular complexity index is 1240. The molecular formula is C26H23Br2ClN2O5. The molecule has 1 aliphatic carbocycles. The van der Waals surface area contributed by atoms with E-state index in [-0.39, 0.29) is 52.2 Å². The monoisotopic (exact) mass is 636 g/mol. The van der Waals surface area contributed by atoms with Gasteiger partial charge in [0.1, 0.15) is 5.75 Å². The Morgan fingerprint density at radius 3 is 2.22 bits per heavy atom. The van der Waals surface area contributed by atoms with Crippen LogP contribution in [-0.4, -0.2) is 39.9 Å². The molecule has 0 unspecified atom stereocenters. The molecule has 188 valence electrons. The van der Waals surface area contributed by atoms with Crippen LogP contribution in [0.25, 0.3) is 0 Å². The first-order valence-electron chi connectivity index (χ1n) is 11.7. The standard InChI is InChI=1S/C26H23Br2ClN2O5/c1-13-8-15(36-26(35)14-9-23(32)30(12-14)22-5-3-2-4-20(22)29)6-7-21(13)31-24(33)16-10-18(27)19(28)11-17(16)25(31)34/h2-8,14,16-19H,9-12H2,1H3/t14-,16-,17+,18+,19+/m1/s1. The van der Waals surface area contributed by atoms with Gasteiger partial charge in [0.15, 0.2) is 0 Å². The molecule has 2 heterocycles. The summed E-state index contributed by atoms with van der Waals surface area (Å²) in [5.41, 5.74) is 1.71. The number of aryl methyl sites for hydroxylation is 1. The zero-order valence-corrected chi connectivity index (χ0v) is 23.3. The van der Waals surface area contributed by atoms with Crippen molar-refractivity contribution in [1.82, 2.24) is 0 Å². The number of ether oxygens (including phenoxy) is 1. The quantitative estimate of drug-likeness (QED) is 0.203. The maximum absolute atomic E-state index is 13.1. The smallest absolute Gasteiger partial charge is 0.316 e. The Kier molecular flexibility index (Phi) is 7.00. The third-order valence-electron chi connectivity index (χ3n) is 7.14. The van der Waals surface area contributed by atoms with Crippen molar-refractivity contribution in [3.05, 3.63) is 53.1 Å². The van der Waals surface area contributed by atoms with Crippen LogP contribution in [0, 0.1) is 24.7 Å². The lowest BCUT2D eigenvalue weighted by molar-refractivity contribution is -0.139. The molecule has 0 bridgehead atoms. The van der Waals surface area contributed by atoms with Crippen LogP contribution >= 0.6 is 43.5 Å². The van der Waals surface area contributed by atoms with Crippen LogP contribution in [0.2, 0.25) is 5.02 Å². The molecule has 0 N–H and O–H groups in total. The molecule has 10 heteroatoms. The minimum absolute atomic E-state index is 0.0316. The van der Waals surface area contributed by atoms with Crippen LogP contribution in [0.5, 0.6) is 5.75 Å². The van der Waals surface area contributed by atoms with Crippen LogP contribution < -0.4 is 14.5 Å². The predicted molar refractivity (Wildman–Crippen MR) is 143 cm³/mol. The highest BCUT2D eigenvalue weighted by Gasteiger charge is 2.52. The molecule has 3 amide bonds. The van der Waals surface area contributed by atoms with E-state index in [1.54, 1.807) is 49.4 Å². The van der Waals surface area contributed by atoms with Crippen molar-refractivity contribution in [2.24, 2.45) is 17.8 Å². The number of carbonyl (C=O) groups excluding carboxylic acids is 4. The van der Waals surface area contributed by atoms with E-state index >= 15 is 0 Å². The Labute approximate surface area is 230 Å². The summed E-state index contributed by atoms with van der Waals surface area (Å²) in [4.78, 5) is 54.7. The van der Waals surface area contributed by atoms with E-state index < -0.39 is 11.9 Å². The number of nitrogens with zero attached hydrogens (tertiary/aromatic N) is 2. The van der Waals surface area contributed by atoms with E-state index in [9.17, 15) is 19.2 Å². The average Bonchev–Trinajstić information content (AvgIpc) is 3.33. The highest BCUT2D eigenvalue weighted by Crippen LogP contribution is 2.45. The fourth-order valence-electron chi connectivity index (χ4n) is 5.24. The Balaban J connectivity index is 1.29. The minimum Gasteiger partial charge on any atom is -0.426 e. The SMILES string of the molecule is Cc1cc(OC(=O)[C@@H]2CC(=O)N(c3ccccc3Cl)C2)ccc1N1C(=O)[C@H]2C[C@H](Br)[C@@H](Br)C[C@H]2C1=O. The van der Waals surface area contributed by atoms with Crippen LogP contribution in [0.4, 0.5) is 11.4 Å². The summed E-state index contributed by atoms with van der Waals surface area (Å²) >= 11 is 13.4. The highest BCUT2D eigenvalue weighted by atomic mass is 79.9. The lowest BCUT2D eigenvalue weighted by Gasteiger charge is -2.29. The third kappa shape index (κ3) is 4.50. The van der Waals surface area contributed by atoms with Crippen molar-refractivity contribution >= 4 is 78.5 Å². The number of anilines is 2. The lowest BCUT2D eigenvalue weighted by atomic mass is 9.81. The topological polar surface area (TPSA) is 84.0 Å². The molecule has 0 radical (unpaired) electrons. The van der Waals surface area contributed by atoms with Gasteiger partial charge < -0.3 is 9.64 Å². The van der Waals surface area contributed by atoms with Gasteiger partial charge in [0, 0.05) is 22.6 Å². The largest absolute Gasteiger partial charge is 0.426 e. The van der Waals surface area contributed by atoms with Crippen molar-refractivity contribution in [3.8, 4) is 5.75 Å². The number of esters is 1. The lowest BCUT2D eigenvalue weighted by Crippen LogP contribution is -2.34. The van der Waals surface area contributed by atoms with E-state index in [1.807, 2.05) is 0 Å². The van der Waals surface area contributed by atoms with Gasteiger partial charge in [0.25, 0.3) is 0 Å². The van der Waals surface area contributed by atoms with Gasteiger partial charge in [-0.2, -0.15) is 0 Å². The van der Waals surface area contributed by atoms with Gasteiger partial charge in [-0.05, 0) is 55.7 Å². The molecule has 2 saturated heterocycles. The van der Waals surface area contributed by atoms with Crippen molar-refractivity contribution in [3.63, 3.8) is 0 Å². The van der Waals surface area contributed by atoms with Crippen molar-refractivity contribution in [2.75, 3.05) is 16.3 Å². The van der Waals surface area contributed by atoms with Gasteiger partial charge >= 0.3 is 5.97 Å². The molecule has 2 aliphatic heterocycles. The van der Waals surface area contributed by atoms with E-state index in [0.717, 1.165) is 0 Å².